The van der Waals surface area contributed by atoms with Crippen molar-refractivity contribution < 1.29 is 9.18 Å². The molecule has 0 bridgehead atoms. The minimum atomic E-state index is -0.290. The number of rotatable bonds is 7. The molecule has 3 aromatic rings. The smallest absolute Gasteiger partial charge is 0.224 e. The van der Waals surface area contributed by atoms with Gasteiger partial charge in [-0.1, -0.05) is 12.1 Å². The number of carbonyl (C=O) groups excluding carboxylic acids is 1. The molecule has 0 radical (unpaired) electrons. The van der Waals surface area contributed by atoms with Crippen molar-refractivity contribution in [3.05, 3.63) is 64.2 Å². The maximum atomic E-state index is 12.9. The number of benzene rings is 1. The Kier molecular flexibility index (Phi) is 4.84. The Balaban J connectivity index is 1.35. The van der Waals surface area contributed by atoms with Gasteiger partial charge in [-0.25, -0.2) is 4.39 Å². The molecule has 26 heavy (non-hydrogen) atoms. The van der Waals surface area contributed by atoms with Crippen LogP contribution in [-0.4, -0.2) is 22.2 Å². The lowest BCUT2D eigenvalue weighted by Crippen LogP contribution is -2.29. The summed E-state index contributed by atoms with van der Waals surface area (Å²) < 4.78 is 14.9. The van der Waals surface area contributed by atoms with Crippen molar-refractivity contribution in [1.29, 1.82) is 0 Å². The van der Waals surface area contributed by atoms with Crippen molar-refractivity contribution in [2.45, 2.75) is 31.7 Å². The Labute approximate surface area is 155 Å². The Bertz CT molecular complexity index is 882. The quantitative estimate of drug-likeness (QED) is 0.685. The van der Waals surface area contributed by atoms with Gasteiger partial charge in [-0.2, -0.15) is 16.4 Å². The minimum Gasteiger partial charge on any atom is -0.354 e. The van der Waals surface area contributed by atoms with E-state index < -0.39 is 0 Å². The molecule has 1 amide bonds. The number of nitrogens with zero attached hydrogens (tertiary/aromatic N) is 2. The monoisotopic (exact) mass is 369 g/mol. The highest BCUT2D eigenvalue weighted by molar-refractivity contribution is 7.08. The standard InChI is InChI=1S/C20H20FN3OS/c21-17-5-1-14(2-6-17)11-20(25)22-8-9-24-19(15-3-4-15)12-18(23-24)16-7-10-26-13-16/h1-2,5-7,10,12-13,15H,3-4,8-9,11H2,(H,22,25). The second-order valence-electron chi connectivity index (χ2n) is 6.62. The van der Waals surface area contributed by atoms with Gasteiger partial charge in [-0.05, 0) is 48.1 Å². The van der Waals surface area contributed by atoms with Crippen molar-refractivity contribution in [2.75, 3.05) is 6.54 Å². The van der Waals surface area contributed by atoms with Gasteiger partial charge < -0.3 is 5.32 Å². The number of thiophene rings is 1. The molecule has 1 N–H and O–H groups in total. The molecule has 0 spiro atoms. The summed E-state index contributed by atoms with van der Waals surface area (Å²) in [6.07, 6.45) is 2.69. The van der Waals surface area contributed by atoms with Crippen molar-refractivity contribution in [2.24, 2.45) is 0 Å². The third kappa shape index (κ3) is 4.02. The van der Waals surface area contributed by atoms with Gasteiger partial charge in [-0.15, -0.1) is 0 Å². The zero-order valence-corrected chi connectivity index (χ0v) is 15.1. The fraction of sp³-hybridized carbons (Fsp3) is 0.300. The fourth-order valence-corrected chi connectivity index (χ4v) is 3.67. The molecule has 4 rings (SSSR count). The summed E-state index contributed by atoms with van der Waals surface area (Å²) in [4.78, 5) is 12.1. The molecular formula is C20H20FN3OS. The molecule has 2 aromatic heterocycles. The first-order valence-electron chi connectivity index (χ1n) is 8.80. The molecule has 4 nitrogen and oxygen atoms in total. The number of hydrogen-bond acceptors (Lipinski definition) is 3. The first-order chi connectivity index (χ1) is 12.7. The van der Waals surface area contributed by atoms with Crippen molar-refractivity contribution >= 4 is 17.2 Å². The van der Waals surface area contributed by atoms with E-state index in [1.807, 2.05) is 4.68 Å². The molecule has 1 aliphatic carbocycles. The van der Waals surface area contributed by atoms with Crippen LogP contribution in [-0.2, 0) is 17.8 Å². The van der Waals surface area contributed by atoms with E-state index in [9.17, 15) is 9.18 Å². The van der Waals surface area contributed by atoms with Gasteiger partial charge in [0.1, 0.15) is 5.82 Å². The van der Waals surface area contributed by atoms with Gasteiger partial charge in [0.05, 0.1) is 18.7 Å². The topological polar surface area (TPSA) is 46.9 Å². The molecule has 0 atom stereocenters. The van der Waals surface area contributed by atoms with Gasteiger partial charge in [0, 0.05) is 29.1 Å². The summed E-state index contributed by atoms with van der Waals surface area (Å²) in [6.45, 7) is 1.19. The molecule has 0 aliphatic heterocycles. The van der Waals surface area contributed by atoms with E-state index in [1.54, 1.807) is 23.5 Å². The molecule has 1 fully saturated rings. The summed E-state index contributed by atoms with van der Waals surface area (Å²) >= 11 is 1.67. The molecule has 0 saturated heterocycles. The van der Waals surface area contributed by atoms with Crippen LogP contribution < -0.4 is 5.32 Å². The second-order valence-corrected chi connectivity index (χ2v) is 7.40. The molecule has 0 unspecified atom stereocenters. The van der Waals surface area contributed by atoms with Crippen LogP contribution in [0.4, 0.5) is 4.39 Å². The van der Waals surface area contributed by atoms with Crippen LogP contribution in [0.1, 0.15) is 30.0 Å². The van der Waals surface area contributed by atoms with Gasteiger partial charge in [0.15, 0.2) is 0 Å². The van der Waals surface area contributed by atoms with Gasteiger partial charge in [0.25, 0.3) is 0 Å². The third-order valence-corrected chi connectivity index (χ3v) is 5.23. The van der Waals surface area contributed by atoms with Crippen LogP contribution in [0.2, 0.25) is 0 Å². The van der Waals surface area contributed by atoms with E-state index in [0.29, 0.717) is 19.0 Å². The normalized spacial score (nSPS) is 13.7. The molecule has 1 aromatic carbocycles. The zero-order chi connectivity index (χ0) is 17.9. The van der Waals surface area contributed by atoms with Crippen molar-refractivity contribution in [1.82, 2.24) is 15.1 Å². The lowest BCUT2D eigenvalue weighted by Gasteiger charge is -2.08. The third-order valence-electron chi connectivity index (χ3n) is 4.55. The van der Waals surface area contributed by atoms with Crippen LogP contribution in [0, 0.1) is 5.82 Å². The number of nitrogens with one attached hydrogen (secondary N) is 1. The Hall–Kier alpha value is -2.47. The number of hydrogen-bond donors (Lipinski definition) is 1. The zero-order valence-electron chi connectivity index (χ0n) is 14.3. The van der Waals surface area contributed by atoms with Crippen molar-refractivity contribution in [3.8, 4) is 11.3 Å². The lowest BCUT2D eigenvalue weighted by molar-refractivity contribution is -0.120. The van der Waals surface area contributed by atoms with Gasteiger partial charge >= 0.3 is 0 Å². The predicted molar refractivity (Wildman–Crippen MR) is 101 cm³/mol. The Morgan fingerprint density at radius 3 is 2.77 bits per heavy atom. The van der Waals surface area contributed by atoms with E-state index >= 15 is 0 Å². The van der Waals surface area contributed by atoms with Crippen LogP contribution in [0.5, 0.6) is 0 Å². The van der Waals surface area contributed by atoms with Crippen LogP contribution in [0.3, 0.4) is 0 Å². The van der Waals surface area contributed by atoms with E-state index in [-0.39, 0.29) is 18.1 Å². The van der Waals surface area contributed by atoms with Crippen LogP contribution in [0.25, 0.3) is 11.3 Å². The van der Waals surface area contributed by atoms with Crippen molar-refractivity contribution in [3.63, 3.8) is 0 Å². The first kappa shape index (κ1) is 17.0. The highest BCUT2D eigenvalue weighted by atomic mass is 32.1. The highest BCUT2D eigenvalue weighted by Crippen LogP contribution is 2.41. The lowest BCUT2D eigenvalue weighted by atomic mass is 10.1. The van der Waals surface area contributed by atoms with E-state index in [4.69, 9.17) is 5.10 Å². The molecular weight excluding hydrogens is 349 g/mol. The van der Waals surface area contributed by atoms with Gasteiger partial charge in [-0.3, -0.25) is 9.48 Å². The SMILES string of the molecule is O=C(Cc1ccc(F)cc1)NCCn1nc(-c2ccsc2)cc1C1CC1. The number of amides is 1. The second kappa shape index (κ2) is 7.41. The number of aromatic nitrogens is 2. The summed E-state index contributed by atoms with van der Waals surface area (Å²) in [5, 5.41) is 11.8. The van der Waals surface area contributed by atoms with E-state index in [0.717, 1.165) is 16.8 Å². The minimum absolute atomic E-state index is 0.0604. The fourth-order valence-electron chi connectivity index (χ4n) is 3.02. The van der Waals surface area contributed by atoms with Crippen LogP contribution >= 0.6 is 11.3 Å². The molecule has 1 aliphatic rings. The van der Waals surface area contributed by atoms with E-state index in [1.165, 1.54) is 30.7 Å². The average molecular weight is 369 g/mol. The summed E-state index contributed by atoms with van der Waals surface area (Å²) in [7, 11) is 0. The summed E-state index contributed by atoms with van der Waals surface area (Å²) in [6, 6.07) is 10.3. The molecule has 2 heterocycles. The predicted octanol–water partition coefficient (Wildman–Crippen LogP) is 3.99. The Morgan fingerprint density at radius 1 is 1.27 bits per heavy atom. The van der Waals surface area contributed by atoms with Gasteiger partial charge in [0.2, 0.25) is 5.91 Å². The summed E-state index contributed by atoms with van der Waals surface area (Å²) in [5.74, 6) is 0.251. The van der Waals surface area contributed by atoms with Crippen LogP contribution in [0.15, 0.2) is 47.2 Å². The Morgan fingerprint density at radius 2 is 2.08 bits per heavy atom. The average Bonchev–Trinajstić information content (AvgIpc) is 3.16. The molecule has 1 saturated carbocycles. The number of halogens is 1. The van der Waals surface area contributed by atoms with E-state index in [2.05, 4.69) is 28.2 Å². The number of carbonyl (C=O) groups is 1. The maximum Gasteiger partial charge on any atom is 0.224 e. The molecule has 6 heteroatoms. The maximum absolute atomic E-state index is 12.9. The highest BCUT2D eigenvalue weighted by Gasteiger charge is 2.28. The first-order valence-corrected chi connectivity index (χ1v) is 9.75. The summed E-state index contributed by atoms with van der Waals surface area (Å²) in [5.41, 5.74) is 4.22. The largest absolute Gasteiger partial charge is 0.354 e. The molecule has 134 valence electrons.